The van der Waals surface area contributed by atoms with Crippen LogP contribution in [0.2, 0.25) is 0 Å². The summed E-state index contributed by atoms with van der Waals surface area (Å²) in [4.78, 5) is 29.7. The minimum Gasteiger partial charge on any atom is -0.465 e. The number of thiophene rings is 1. The summed E-state index contributed by atoms with van der Waals surface area (Å²) in [5.74, 6) is -0.438. The Morgan fingerprint density at radius 3 is 2.57 bits per heavy atom. The van der Waals surface area contributed by atoms with Crippen molar-refractivity contribution in [3.05, 3.63) is 62.4 Å². The van der Waals surface area contributed by atoms with Gasteiger partial charge in [-0.05, 0) is 43.7 Å². The second-order valence-corrected chi connectivity index (χ2v) is 10.7. The number of hydrogen-bond donors (Lipinski definition) is 1. The lowest BCUT2D eigenvalue weighted by atomic mass is 9.84. The minimum absolute atomic E-state index is 0.198. The number of nitriles is 1. The van der Waals surface area contributed by atoms with E-state index in [9.17, 15) is 14.9 Å². The molecule has 0 saturated heterocycles. The highest BCUT2D eigenvalue weighted by Crippen LogP contribution is 2.36. The molecule has 1 fully saturated rings. The quantitative estimate of drug-likeness (QED) is 0.241. The molecule has 1 N–H and O–H groups in total. The number of thiazole rings is 1. The molecule has 192 valence electrons. The summed E-state index contributed by atoms with van der Waals surface area (Å²) >= 11 is 2.45. The standard InChI is InChI=1S/C28H29N3O4S2/c1-4-35-27(32)23-17(2)24(28(33)34-3)37-26(23)30-15-21(14-29)25-31-22(16-36-25)20-12-10-19(11-13-20)18-8-6-5-7-9-18/h10-13,15-16,18,30H,4-9H2,1-3H3. The fraction of sp³-hybridized carbons (Fsp3) is 0.357. The van der Waals surface area contributed by atoms with Crippen LogP contribution in [0.15, 0.2) is 35.8 Å². The van der Waals surface area contributed by atoms with Crippen LogP contribution in [0.25, 0.3) is 16.8 Å². The normalized spacial score (nSPS) is 14.2. The summed E-state index contributed by atoms with van der Waals surface area (Å²) in [6, 6.07) is 10.8. The first-order valence-corrected chi connectivity index (χ1v) is 14.0. The molecule has 3 aromatic rings. The predicted octanol–water partition coefficient (Wildman–Crippen LogP) is 7.17. The zero-order chi connectivity index (χ0) is 26.4. The Labute approximate surface area is 224 Å². The fourth-order valence-corrected chi connectivity index (χ4v) is 6.40. The number of allylic oxidation sites excluding steroid dienone is 1. The van der Waals surface area contributed by atoms with Gasteiger partial charge in [-0.1, -0.05) is 43.5 Å². The van der Waals surface area contributed by atoms with E-state index < -0.39 is 11.9 Å². The summed E-state index contributed by atoms with van der Waals surface area (Å²) in [5, 5.41) is 15.7. The van der Waals surface area contributed by atoms with Crippen LogP contribution in [0.1, 0.15) is 81.1 Å². The molecule has 0 spiro atoms. The van der Waals surface area contributed by atoms with E-state index in [4.69, 9.17) is 9.47 Å². The molecule has 9 heteroatoms. The van der Waals surface area contributed by atoms with E-state index in [-0.39, 0.29) is 12.2 Å². The molecule has 37 heavy (non-hydrogen) atoms. The number of carbonyl (C=O) groups excluding carboxylic acids is 2. The van der Waals surface area contributed by atoms with Gasteiger partial charge < -0.3 is 14.8 Å². The lowest BCUT2D eigenvalue weighted by molar-refractivity contribution is 0.0527. The van der Waals surface area contributed by atoms with Gasteiger partial charge >= 0.3 is 11.9 Å². The zero-order valence-corrected chi connectivity index (χ0v) is 22.8. The minimum atomic E-state index is -0.547. The number of ether oxygens (including phenoxy) is 2. The topological polar surface area (TPSA) is 101 Å². The number of carbonyl (C=O) groups is 2. The summed E-state index contributed by atoms with van der Waals surface area (Å²) < 4.78 is 10.0. The summed E-state index contributed by atoms with van der Waals surface area (Å²) in [5.41, 5.74) is 4.24. The fourth-order valence-electron chi connectivity index (χ4n) is 4.52. The maximum absolute atomic E-state index is 12.6. The second-order valence-electron chi connectivity index (χ2n) is 8.78. The molecule has 0 bridgehead atoms. The molecule has 0 radical (unpaired) electrons. The Balaban J connectivity index is 1.56. The molecule has 7 nitrogen and oxygen atoms in total. The van der Waals surface area contributed by atoms with Gasteiger partial charge in [0.25, 0.3) is 0 Å². The van der Waals surface area contributed by atoms with Crippen molar-refractivity contribution < 1.29 is 19.1 Å². The Kier molecular flexibility index (Phi) is 8.74. The van der Waals surface area contributed by atoms with Gasteiger partial charge in [0.2, 0.25) is 0 Å². The number of methoxy groups -OCH3 is 1. The first-order valence-electron chi connectivity index (χ1n) is 12.3. The third-order valence-corrected chi connectivity index (χ3v) is 8.56. The third-order valence-electron chi connectivity index (χ3n) is 6.48. The van der Waals surface area contributed by atoms with E-state index in [0.717, 1.165) is 22.6 Å². The van der Waals surface area contributed by atoms with Gasteiger partial charge in [-0.2, -0.15) is 5.26 Å². The molecule has 0 atom stereocenters. The van der Waals surface area contributed by atoms with E-state index in [1.54, 1.807) is 13.8 Å². The van der Waals surface area contributed by atoms with Gasteiger partial charge in [-0.25, -0.2) is 14.6 Å². The summed E-state index contributed by atoms with van der Waals surface area (Å²) in [7, 11) is 1.29. The average Bonchev–Trinajstić information content (AvgIpc) is 3.54. The van der Waals surface area contributed by atoms with Gasteiger partial charge in [0.1, 0.15) is 26.5 Å². The van der Waals surface area contributed by atoms with Crippen LogP contribution in [0.3, 0.4) is 0 Å². The molecule has 4 rings (SSSR count). The summed E-state index contributed by atoms with van der Waals surface area (Å²) in [6.07, 6.45) is 7.95. The molecule has 0 unspecified atom stereocenters. The average molecular weight is 536 g/mol. The van der Waals surface area contributed by atoms with E-state index in [0.29, 0.717) is 31.9 Å². The van der Waals surface area contributed by atoms with Crippen molar-refractivity contribution in [2.45, 2.75) is 51.9 Å². The molecule has 2 aromatic heterocycles. The predicted molar refractivity (Wildman–Crippen MR) is 147 cm³/mol. The molecule has 1 saturated carbocycles. The maximum Gasteiger partial charge on any atom is 0.348 e. The number of aromatic nitrogens is 1. The van der Waals surface area contributed by atoms with Crippen LogP contribution in [0, 0.1) is 18.3 Å². The number of esters is 2. The van der Waals surface area contributed by atoms with E-state index in [2.05, 4.69) is 40.6 Å². The van der Waals surface area contributed by atoms with Gasteiger partial charge in [-0.15, -0.1) is 22.7 Å². The van der Waals surface area contributed by atoms with Crippen LogP contribution in [-0.2, 0) is 9.47 Å². The molecule has 0 amide bonds. The Bertz CT molecular complexity index is 1340. The first-order chi connectivity index (χ1) is 18.0. The Morgan fingerprint density at radius 1 is 1.19 bits per heavy atom. The van der Waals surface area contributed by atoms with Crippen molar-refractivity contribution in [2.75, 3.05) is 19.0 Å². The third kappa shape index (κ3) is 5.92. The van der Waals surface area contributed by atoms with Crippen LogP contribution in [0.5, 0.6) is 0 Å². The maximum atomic E-state index is 12.6. The zero-order valence-electron chi connectivity index (χ0n) is 21.1. The molecule has 1 aliphatic rings. The molecule has 1 aromatic carbocycles. The van der Waals surface area contributed by atoms with Gasteiger partial charge in [-0.3, -0.25) is 0 Å². The van der Waals surface area contributed by atoms with E-state index in [1.165, 1.54) is 62.3 Å². The number of nitrogens with one attached hydrogen (secondary N) is 1. The Hall–Kier alpha value is -3.48. The van der Waals surface area contributed by atoms with Crippen molar-refractivity contribution in [1.82, 2.24) is 4.98 Å². The van der Waals surface area contributed by atoms with Crippen molar-refractivity contribution >= 4 is 45.2 Å². The van der Waals surface area contributed by atoms with Crippen LogP contribution >= 0.6 is 22.7 Å². The van der Waals surface area contributed by atoms with Crippen LogP contribution < -0.4 is 5.32 Å². The number of nitrogens with zero attached hydrogens (tertiary/aromatic N) is 2. The van der Waals surface area contributed by atoms with Crippen molar-refractivity contribution in [3.8, 4) is 17.3 Å². The van der Waals surface area contributed by atoms with E-state index in [1.807, 2.05) is 5.38 Å². The first kappa shape index (κ1) is 26.6. The number of rotatable bonds is 8. The monoisotopic (exact) mass is 535 g/mol. The highest BCUT2D eigenvalue weighted by Gasteiger charge is 2.26. The van der Waals surface area contributed by atoms with Gasteiger partial charge in [0, 0.05) is 17.1 Å². The van der Waals surface area contributed by atoms with Gasteiger partial charge in [0.05, 0.1) is 25.0 Å². The number of anilines is 1. The lowest BCUT2D eigenvalue weighted by Gasteiger charge is -2.22. The molecule has 1 aliphatic carbocycles. The number of benzene rings is 1. The highest BCUT2D eigenvalue weighted by molar-refractivity contribution is 7.18. The van der Waals surface area contributed by atoms with Crippen molar-refractivity contribution in [2.24, 2.45) is 0 Å². The molecule has 2 heterocycles. The molecule has 0 aliphatic heterocycles. The smallest absolute Gasteiger partial charge is 0.348 e. The van der Waals surface area contributed by atoms with Crippen molar-refractivity contribution in [3.63, 3.8) is 0 Å². The second kappa shape index (κ2) is 12.2. The molecular formula is C28H29N3O4S2. The largest absolute Gasteiger partial charge is 0.465 e. The number of hydrogen-bond acceptors (Lipinski definition) is 9. The van der Waals surface area contributed by atoms with Crippen molar-refractivity contribution in [1.29, 1.82) is 5.26 Å². The highest BCUT2D eigenvalue weighted by atomic mass is 32.1. The van der Waals surface area contributed by atoms with Crippen LogP contribution in [0.4, 0.5) is 5.00 Å². The lowest BCUT2D eigenvalue weighted by Crippen LogP contribution is -2.08. The van der Waals surface area contributed by atoms with Gasteiger partial charge in [0.15, 0.2) is 0 Å². The Morgan fingerprint density at radius 2 is 1.92 bits per heavy atom. The summed E-state index contributed by atoms with van der Waals surface area (Å²) in [6.45, 7) is 3.58. The SMILES string of the molecule is CCOC(=O)c1c(NC=C(C#N)c2nc(-c3ccc(C4CCCCC4)cc3)cs2)sc(C(=O)OC)c1C. The molecular weight excluding hydrogens is 506 g/mol. The van der Waals surface area contributed by atoms with Crippen LogP contribution in [-0.4, -0.2) is 30.6 Å². The van der Waals surface area contributed by atoms with E-state index >= 15 is 0 Å².